The Morgan fingerprint density at radius 2 is 2.11 bits per heavy atom. The maximum Gasteiger partial charge on any atom is 0.252 e. The van der Waals surface area contributed by atoms with Crippen molar-refractivity contribution in [3.63, 3.8) is 0 Å². The third-order valence-electron chi connectivity index (χ3n) is 2.09. The summed E-state index contributed by atoms with van der Waals surface area (Å²) in [5.74, 6) is -0.437. The van der Waals surface area contributed by atoms with Gasteiger partial charge in [-0.05, 0) is 40.5 Å². The van der Waals surface area contributed by atoms with Crippen LogP contribution in [0.25, 0.3) is 0 Å². The number of sulfonamides is 1. The molecule has 0 radical (unpaired) electrons. The van der Waals surface area contributed by atoms with E-state index in [1.54, 1.807) is 18.2 Å². The highest BCUT2D eigenvalue weighted by Crippen LogP contribution is 2.19. The van der Waals surface area contributed by atoms with E-state index in [4.69, 9.17) is 5.14 Å². The van der Waals surface area contributed by atoms with Gasteiger partial charge in [-0.1, -0.05) is 0 Å². The van der Waals surface area contributed by atoms with E-state index in [-0.39, 0.29) is 24.6 Å². The zero-order valence-corrected chi connectivity index (χ0v) is 12.7. The molecule has 0 aromatic heterocycles. The number of hydrogen-bond donors (Lipinski definition) is 3. The molecule has 100 valence electrons. The predicted octanol–water partition coefficient (Wildman–Crippen LogP) is 1.15. The zero-order chi connectivity index (χ0) is 13.8. The number of nitrogens with two attached hydrogens (primary N) is 1. The van der Waals surface area contributed by atoms with E-state index in [1.807, 2.05) is 0 Å². The van der Waals surface area contributed by atoms with E-state index in [2.05, 4.69) is 33.9 Å². The molecule has 3 N–H and O–H groups in total. The summed E-state index contributed by atoms with van der Waals surface area (Å²) in [6.07, 6.45) is 0.281. The number of carbonyl (C=O) groups is 1. The molecule has 1 aromatic carbocycles. The van der Waals surface area contributed by atoms with Gasteiger partial charge in [0.05, 0.1) is 11.3 Å². The van der Waals surface area contributed by atoms with Crippen molar-refractivity contribution in [2.24, 2.45) is 5.14 Å². The Kier molecular flexibility index (Phi) is 5.64. The lowest BCUT2D eigenvalue weighted by Crippen LogP contribution is -2.27. The predicted molar refractivity (Wildman–Crippen MR) is 76.3 cm³/mol. The molecular formula is C10H13BrN2O3S2. The molecule has 0 aliphatic heterocycles. The maximum atomic E-state index is 11.8. The van der Waals surface area contributed by atoms with Crippen molar-refractivity contribution in [3.8, 4) is 0 Å². The molecule has 18 heavy (non-hydrogen) atoms. The topological polar surface area (TPSA) is 89.3 Å². The highest BCUT2D eigenvalue weighted by molar-refractivity contribution is 9.10. The van der Waals surface area contributed by atoms with Crippen LogP contribution in [0.3, 0.4) is 0 Å². The van der Waals surface area contributed by atoms with Crippen molar-refractivity contribution >= 4 is 44.5 Å². The van der Waals surface area contributed by atoms with Gasteiger partial charge in [-0.2, -0.15) is 0 Å². The minimum atomic E-state index is -3.47. The second-order valence-electron chi connectivity index (χ2n) is 3.64. The van der Waals surface area contributed by atoms with Crippen molar-refractivity contribution in [1.29, 1.82) is 0 Å². The first-order valence-corrected chi connectivity index (χ1v) is 8.02. The van der Waals surface area contributed by atoms with Gasteiger partial charge < -0.3 is 5.32 Å². The van der Waals surface area contributed by atoms with Gasteiger partial charge in [-0.15, -0.1) is 12.6 Å². The van der Waals surface area contributed by atoms with Crippen molar-refractivity contribution in [3.05, 3.63) is 28.2 Å². The van der Waals surface area contributed by atoms with Crippen LogP contribution in [0.1, 0.15) is 16.8 Å². The highest BCUT2D eigenvalue weighted by Gasteiger charge is 2.10. The SMILES string of the molecule is NS(=O)(=O)CCCNC(=O)c1cc(S)ccc1Br. The van der Waals surface area contributed by atoms with Crippen LogP contribution in [0.15, 0.2) is 27.6 Å². The average Bonchev–Trinajstić information content (AvgIpc) is 2.26. The number of primary sulfonamides is 1. The zero-order valence-electron chi connectivity index (χ0n) is 9.39. The van der Waals surface area contributed by atoms with E-state index in [9.17, 15) is 13.2 Å². The first-order valence-electron chi connectivity index (χ1n) is 5.07. The molecule has 0 aliphatic carbocycles. The van der Waals surface area contributed by atoms with Crippen molar-refractivity contribution < 1.29 is 13.2 Å². The molecule has 0 aliphatic rings. The van der Waals surface area contributed by atoms with Gasteiger partial charge in [0, 0.05) is 15.9 Å². The van der Waals surface area contributed by atoms with Crippen LogP contribution in [-0.2, 0) is 10.0 Å². The Bertz CT molecular complexity index is 546. The molecule has 0 bridgehead atoms. The van der Waals surface area contributed by atoms with E-state index in [0.29, 0.717) is 14.9 Å². The molecular weight excluding hydrogens is 340 g/mol. The quantitative estimate of drug-likeness (QED) is 0.548. The largest absolute Gasteiger partial charge is 0.352 e. The fraction of sp³-hybridized carbons (Fsp3) is 0.300. The van der Waals surface area contributed by atoms with Gasteiger partial charge in [0.1, 0.15) is 0 Å². The van der Waals surface area contributed by atoms with Crippen LogP contribution in [0.5, 0.6) is 0 Å². The summed E-state index contributed by atoms with van der Waals surface area (Å²) in [6.45, 7) is 0.249. The van der Waals surface area contributed by atoms with E-state index >= 15 is 0 Å². The first-order chi connectivity index (χ1) is 8.29. The third kappa shape index (κ3) is 5.38. The number of hydrogen-bond acceptors (Lipinski definition) is 4. The standard InChI is InChI=1S/C10H13BrN2O3S2/c11-9-3-2-7(17)6-8(9)10(14)13-4-1-5-18(12,15)16/h2-3,6,17H,1,4-5H2,(H,13,14)(H2,12,15,16). The van der Waals surface area contributed by atoms with Crippen LogP contribution in [-0.4, -0.2) is 26.6 Å². The molecule has 5 nitrogen and oxygen atoms in total. The summed E-state index contributed by atoms with van der Waals surface area (Å²) in [5, 5.41) is 7.47. The molecule has 0 unspecified atom stereocenters. The number of amides is 1. The minimum Gasteiger partial charge on any atom is -0.352 e. The Morgan fingerprint density at radius 1 is 1.44 bits per heavy atom. The summed E-state index contributed by atoms with van der Waals surface area (Å²) in [7, 11) is -3.47. The van der Waals surface area contributed by atoms with Crippen molar-refractivity contribution in [2.75, 3.05) is 12.3 Å². The Labute approximate surface area is 120 Å². The molecule has 1 amide bonds. The molecule has 8 heteroatoms. The van der Waals surface area contributed by atoms with Gasteiger partial charge >= 0.3 is 0 Å². The second kappa shape index (κ2) is 6.55. The van der Waals surface area contributed by atoms with E-state index in [0.717, 1.165) is 0 Å². The molecule has 0 saturated carbocycles. The minimum absolute atomic E-state index is 0.152. The summed E-state index contributed by atoms with van der Waals surface area (Å²) >= 11 is 7.41. The third-order valence-corrected chi connectivity index (χ3v) is 3.91. The number of thiol groups is 1. The van der Waals surface area contributed by atoms with Crippen LogP contribution >= 0.6 is 28.6 Å². The molecule has 0 spiro atoms. The Balaban J connectivity index is 2.53. The monoisotopic (exact) mass is 352 g/mol. The van der Waals surface area contributed by atoms with Crippen molar-refractivity contribution in [1.82, 2.24) is 5.32 Å². The lowest BCUT2D eigenvalue weighted by Gasteiger charge is -2.07. The number of nitrogens with one attached hydrogen (secondary N) is 1. The van der Waals surface area contributed by atoms with E-state index in [1.165, 1.54) is 0 Å². The molecule has 1 rings (SSSR count). The van der Waals surface area contributed by atoms with Crippen LogP contribution in [0.2, 0.25) is 0 Å². The second-order valence-corrected chi connectivity index (χ2v) is 6.75. The van der Waals surface area contributed by atoms with Crippen LogP contribution < -0.4 is 10.5 Å². The Morgan fingerprint density at radius 3 is 2.72 bits per heavy atom. The summed E-state index contributed by atoms with van der Waals surface area (Å²) in [4.78, 5) is 12.5. The lowest BCUT2D eigenvalue weighted by molar-refractivity contribution is 0.0952. The smallest absolute Gasteiger partial charge is 0.252 e. The average molecular weight is 353 g/mol. The normalized spacial score (nSPS) is 11.3. The number of halogens is 1. The first kappa shape index (κ1) is 15.5. The molecule has 0 fully saturated rings. The summed E-state index contributed by atoms with van der Waals surface area (Å²) < 4.78 is 22.0. The lowest BCUT2D eigenvalue weighted by atomic mass is 10.2. The van der Waals surface area contributed by atoms with E-state index < -0.39 is 10.0 Å². The molecule has 0 atom stereocenters. The van der Waals surface area contributed by atoms with Gasteiger partial charge in [0.25, 0.3) is 5.91 Å². The summed E-state index contributed by atoms with van der Waals surface area (Å²) in [6, 6.07) is 5.11. The van der Waals surface area contributed by atoms with Gasteiger partial charge in [0.2, 0.25) is 10.0 Å². The van der Waals surface area contributed by atoms with Gasteiger partial charge in [-0.3, -0.25) is 4.79 Å². The number of rotatable bonds is 5. The van der Waals surface area contributed by atoms with Crippen LogP contribution in [0.4, 0.5) is 0 Å². The van der Waals surface area contributed by atoms with Crippen LogP contribution in [0, 0.1) is 0 Å². The molecule has 0 saturated heterocycles. The van der Waals surface area contributed by atoms with Gasteiger partial charge in [-0.25, -0.2) is 13.6 Å². The Hall–Kier alpha value is -0.570. The number of benzene rings is 1. The maximum absolute atomic E-state index is 11.8. The summed E-state index contributed by atoms with van der Waals surface area (Å²) in [5.41, 5.74) is 0.457. The van der Waals surface area contributed by atoms with Crippen molar-refractivity contribution in [2.45, 2.75) is 11.3 Å². The molecule has 0 heterocycles. The molecule has 1 aromatic rings. The number of carbonyl (C=O) groups excluding carboxylic acids is 1. The fourth-order valence-corrected chi connectivity index (χ4v) is 2.43. The fourth-order valence-electron chi connectivity index (χ4n) is 1.26. The van der Waals surface area contributed by atoms with Gasteiger partial charge in [0.15, 0.2) is 0 Å². The highest BCUT2D eigenvalue weighted by atomic mass is 79.9.